The van der Waals surface area contributed by atoms with E-state index in [1.807, 2.05) is 7.05 Å². The highest BCUT2D eigenvalue weighted by Gasteiger charge is 2.24. The van der Waals surface area contributed by atoms with Crippen molar-refractivity contribution in [1.82, 2.24) is 5.32 Å². The van der Waals surface area contributed by atoms with Gasteiger partial charge in [-0.2, -0.15) is 0 Å². The van der Waals surface area contributed by atoms with Crippen LogP contribution in [0, 0.1) is 12.3 Å². The van der Waals surface area contributed by atoms with Gasteiger partial charge in [-0.05, 0) is 44.9 Å². The van der Waals surface area contributed by atoms with E-state index in [2.05, 4.69) is 62.2 Å². The summed E-state index contributed by atoms with van der Waals surface area (Å²) in [4.78, 5) is 2.47. The van der Waals surface area contributed by atoms with Gasteiger partial charge in [0.1, 0.15) is 0 Å². The number of rotatable bonds is 7. The van der Waals surface area contributed by atoms with E-state index < -0.39 is 0 Å². The molecule has 18 heavy (non-hydrogen) atoms. The zero-order valence-electron chi connectivity index (χ0n) is 12.6. The molecule has 0 saturated heterocycles. The van der Waals surface area contributed by atoms with Gasteiger partial charge >= 0.3 is 0 Å². The minimum absolute atomic E-state index is 0.329. The Morgan fingerprint density at radius 1 is 1.17 bits per heavy atom. The minimum Gasteiger partial charge on any atom is -0.371 e. The normalized spacial score (nSPS) is 14.3. The van der Waals surface area contributed by atoms with Crippen LogP contribution in [0.1, 0.15) is 32.8 Å². The molecular formula is C16H28N2. The first-order valence-corrected chi connectivity index (χ1v) is 7.01. The van der Waals surface area contributed by atoms with Crippen LogP contribution in [0.15, 0.2) is 24.3 Å². The number of hydrogen-bond donors (Lipinski definition) is 1. The second kappa shape index (κ2) is 6.79. The van der Waals surface area contributed by atoms with E-state index in [1.165, 1.54) is 17.7 Å². The van der Waals surface area contributed by atoms with Gasteiger partial charge in [-0.1, -0.05) is 31.5 Å². The Morgan fingerprint density at radius 3 is 2.22 bits per heavy atom. The Hall–Kier alpha value is -1.02. The lowest BCUT2D eigenvalue weighted by atomic mass is 9.86. The average molecular weight is 248 g/mol. The number of nitrogens with one attached hydrogen (secondary N) is 1. The van der Waals surface area contributed by atoms with Gasteiger partial charge < -0.3 is 10.2 Å². The van der Waals surface area contributed by atoms with Gasteiger partial charge in [0.15, 0.2) is 0 Å². The maximum atomic E-state index is 3.32. The summed E-state index contributed by atoms with van der Waals surface area (Å²) in [6, 6.07) is 8.85. The second-order valence-electron chi connectivity index (χ2n) is 5.54. The number of hydrogen-bond acceptors (Lipinski definition) is 2. The van der Waals surface area contributed by atoms with Gasteiger partial charge in [0, 0.05) is 25.3 Å². The summed E-state index contributed by atoms with van der Waals surface area (Å²) in [5.41, 5.74) is 2.98. The van der Waals surface area contributed by atoms with Gasteiger partial charge in [0.25, 0.3) is 0 Å². The fourth-order valence-electron chi connectivity index (χ4n) is 2.32. The summed E-state index contributed by atoms with van der Waals surface area (Å²) in [5, 5.41) is 3.32. The largest absolute Gasteiger partial charge is 0.371 e. The highest BCUT2D eigenvalue weighted by Crippen LogP contribution is 2.25. The van der Waals surface area contributed by atoms with Gasteiger partial charge in [0.2, 0.25) is 0 Å². The number of nitrogens with zero attached hydrogens (tertiary/aromatic N) is 1. The van der Waals surface area contributed by atoms with Crippen LogP contribution < -0.4 is 10.2 Å². The van der Waals surface area contributed by atoms with Gasteiger partial charge in [-0.25, -0.2) is 0 Å². The third kappa shape index (κ3) is 4.02. The first kappa shape index (κ1) is 15.0. The van der Waals surface area contributed by atoms with E-state index >= 15 is 0 Å². The molecule has 0 aromatic heterocycles. The molecule has 0 bridgehead atoms. The highest BCUT2D eigenvalue weighted by atomic mass is 15.1. The van der Waals surface area contributed by atoms with Crippen molar-refractivity contribution in [3.05, 3.63) is 29.8 Å². The summed E-state index contributed by atoms with van der Waals surface area (Å²) in [6.07, 6.45) is 1.19. The Bertz CT molecular complexity index is 345. The molecule has 1 aromatic rings. The first-order chi connectivity index (χ1) is 8.54. The zero-order valence-corrected chi connectivity index (χ0v) is 12.6. The topological polar surface area (TPSA) is 15.3 Å². The van der Waals surface area contributed by atoms with Gasteiger partial charge in [0.05, 0.1) is 0 Å². The van der Waals surface area contributed by atoms with Gasteiger partial charge in [-0.3, -0.25) is 0 Å². The van der Waals surface area contributed by atoms with Crippen LogP contribution in [-0.4, -0.2) is 26.7 Å². The Morgan fingerprint density at radius 2 is 1.78 bits per heavy atom. The second-order valence-corrected chi connectivity index (χ2v) is 5.54. The van der Waals surface area contributed by atoms with Crippen LogP contribution in [0.5, 0.6) is 0 Å². The van der Waals surface area contributed by atoms with E-state index in [1.54, 1.807) is 0 Å². The summed E-state index contributed by atoms with van der Waals surface area (Å²) < 4.78 is 0. The molecule has 0 fully saturated rings. The lowest BCUT2D eigenvalue weighted by molar-refractivity contribution is 0.304. The Labute approximate surface area is 112 Å². The molecule has 0 radical (unpaired) electrons. The van der Waals surface area contributed by atoms with Crippen molar-refractivity contribution < 1.29 is 0 Å². The van der Waals surface area contributed by atoms with Crippen molar-refractivity contribution in [1.29, 1.82) is 0 Å². The third-order valence-electron chi connectivity index (χ3n) is 3.81. The summed E-state index contributed by atoms with van der Waals surface area (Å²) >= 11 is 0. The number of benzene rings is 1. The maximum Gasteiger partial charge on any atom is 0.0366 e. The van der Waals surface area contributed by atoms with Crippen molar-refractivity contribution >= 4 is 5.69 Å². The van der Waals surface area contributed by atoms with Crippen molar-refractivity contribution in [3.8, 4) is 0 Å². The predicted molar refractivity (Wildman–Crippen MR) is 81.4 cm³/mol. The Balaban J connectivity index is 2.80. The molecule has 0 aliphatic carbocycles. The monoisotopic (exact) mass is 248 g/mol. The summed E-state index contributed by atoms with van der Waals surface area (Å²) in [6.45, 7) is 12.2. The molecule has 1 unspecified atom stereocenters. The zero-order chi connectivity index (χ0) is 13.6. The fourth-order valence-corrected chi connectivity index (χ4v) is 2.32. The van der Waals surface area contributed by atoms with Crippen LogP contribution in [0.4, 0.5) is 5.69 Å². The lowest BCUT2D eigenvalue weighted by Crippen LogP contribution is -2.41. The molecule has 0 saturated carbocycles. The van der Waals surface area contributed by atoms with Crippen LogP contribution in [0.2, 0.25) is 0 Å². The number of anilines is 1. The van der Waals surface area contributed by atoms with E-state index in [-0.39, 0.29) is 0 Å². The third-order valence-corrected chi connectivity index (χ3v) is 3.81. The smallest absolute Gasteiger partial charge is 0.0366 e. The van der Waals surface area contributed by atoms with Crippen LogP contribution in [0.25, 0.3) is 0 Å². The van der Waals surface area contributed by atoms with Crippen LogP contribution in [-0.2, 0) is 0 Å². The fraction of sp³-hybridized carbons (Fsp3) is 0.625. The first-order valence-electron chi connectivity index (χ1n) is 7.01. The quantitative estimate of drug-likeness (QED) is 0.795. The molecule has 1 rings (SSSR count). The SMILES string of the molecule is CCN(CC(C)(CC)CNC)c1ccc(C)cc1. The molecule has 0 aliphatic rings. The van der Waals surface area contributed by atoms with E-state index in [4.69, 9.17) is 0 Å². The Kier molecular flexibility index (Phi) is 5.67. The minimum atomic E-state index is 0.329. The van der Waals surface area contributed by atoms with Crippen LogP contribution in [0.3, 0.4) is 0 Å². The molecule has 0 heterocycles. The van der Waals surface area contributed by atoms with E-state index in [9.17, 15) is 0 Å². The molecule has 1 atom stereocenters. The maximum absolute atomic E-state index is 3.32. The van der Waals surface area contributed by atoms with Crippen molar-refractivity contribution in [2.75, 3.05) is 31.6 Å². The van der Waals surface area contributed by atoms with Crippen LogP contribution >= 0.6 is 0 Å². The highest BCUT2D eigenvalue weighted by molar-refractivity contribution is 5.47. The molecule has 1 N–H and O–H groups in total. The standard InChI is InChI=1S/C16H28N2/c1-6-16(4,12-17-5)13-18(7-2)15-10-8-14(3)9-11-15/h8-11,17H,6-7,12-13H2,1-5H3. The molecule has 0 amide bonds. The van der Waals surface area contributed by atoms with Crippen molar-refractivity contribution in [2.24, 2.45) is 5.41 Å². The molecular weight excluding hydrogens is 220 g/mol. The molecule has 2 heteroatoms. The summed E-state index contributed by atoms with van der Waals surface area (Å²) in [7, 11) is 2.04. The average Bonchev–Trinajstić information content (AvgIpc) is 2.37. The van der Waals surface area contributed by atoms with E-state index in [0.717, 1.165) is 19.6 Å². The molecule has 0 aliphatic heterocycles. The summed E-state index contributed by atoms with van der Waals surface area (Å²) in [5.74, 6) is 0. The molecule has 1 aromatic carbocycles. The predicted octanol–water partition coefficient (Wildman–Crippen LogP) is 3.46. The van der Waals surface area contributed by atoms with Crippen molar-refractivity contribution in [3.63, 3.8) is 0 Å². The molecule has 102 valence electrons. The number of aryl methyl sites for hydroxylation is 1. The molecule has 0 spiro atoms. The lowest BCUT2D eigenvalue weighted by Gasteiger charge is -2.35. The van der Waals surface area contributed by atoms with Crippen molar-refractivity contribution in [2.45, 2.75) is 34.1 Å². The molecule has 2 nitrogen and oxygen atoms in total. The van der Waals surface area contributed by atoms with Gasteiger partial charge in [-0.15, -0.1) is 0 Å². The van der Waals surface area contributed by atoms with E-state index in [0.29, 0.717) is 5.41 Å².